The molecule has 2 aliphatic rings. The number of amides is 2. The van der Waals surface area contributed by atoms with Gasteiger partial charge in [-0.25, -0.2) is 0 Å². The van der Waals surface area contributed by atoms with Gasteiger partial charge in [0, 0.05) is 43.6 Å². The molecule has 1 aromatic heterocycles. The highest BCUT2D eigenvalue weighted by molar-refractivity contribution is 5.86. The number of allylic oxidation sites excluding steroid dienone is 3. The molecule has 35 heavy (non-hydrogen) atoms. The molecule has 1 aromatic carbocycles. The molecule has 0 fully saturated rings. The van der Waals surface area contributed by atoms with E-state index in [1.807, 2.05) is 62.7 Å². The molecule has 4 rings (SSSR count). The van der Waals surface area contributed by atoms with Crippen LogP contribution in [0.1, 0.15) is 24.3 Å². The Bertz CT molecular complexity index is 1180. The Kier molecular flexibility index (Phi) is 7.94. The largest absolute Gasteiger partial charge is 0.368 e. The number of hydrogen-bond acceptors (Lipinski definition) is 8. The van der Waals surface area contributed by atoms with Crippen molar-refractivity contribution in [3.63, 3.8) is 0 Å². The molecule has 10 nitrogen and oxygen atoms in total. The van der Waals surface area contributed by atoms with Crippen LogP contribution in [0.3, 0.4) is 0 Å². The highest BCUT2D eigenvalue weighted by Gasteiger charge is 2.26. The number of benzene rings is 1. The van der Waals surface area contributed by atoms with Crippen LogP contribution in [0.4, 0.5) is 0 Å². The smallest absolute Gasteiger partial charge is 0.276 e. The van der Waals surface area contributed by atoms with E-state index in [-0.39, 0.29) is 24.2 Å². The molecular weight excluding hydrogens is 446 g/mol. The molecule has 0 saturated heterocycles. The van der Waals surface area contributed by atoms with Crippen molar-refractivity contribution in [1.29, 1.82) is 0 Å². The van der Waals surface area contributed by atoms with E-state index < -0.39 is 0 Å². The monoisotopic (exact) mass is 475 g/mol. The van der Waals surface area contributed by atoms with E-state index in [9.17, 15) is 9.59 Å². The highest BCUT2D eigenvalue weighted by atomic mass is 16.5. The molecule has 2 heterocycles. The van der Waals surface area contributed by atoms with Crippen LogP contribution in [0.5, 0.6) is 0 Å². The van der Waals surface area contributed by atoms with Gasteiger partial charge in [0.1, 0.15) is 0 Å². The number of carbonyl (C=O) groups is 2. The zero-order valence-electron chi connectivity index (χ0n) is 19.9. The average molecular weight is 476 g/mol. The third-order valence-electron chi connectivity index (χ3n) is 5.53. The number of fused-ring (bicyclic) bond motifs is 1. The Morgan fingerprint density at radius 2 is 1.94 bits per heavy atom. The maximum absolute atomic E-state index is 12.2. The minimum atomic E-state index is -0.368. The van der Waals surface area contributed by atoms with Gasteiger partial charge in [0.05, 0.1) is 5.92 Å². The average Bonchev–Trinajstić information content (AvgIpc) is 3.33. The predicted molar refractivity (Wildman–Crippen MR) is 130 cm³/mol. The second-order valence-electron chi connectivity index (χ2n) is 8.64. The van der Waals surface area contributed by atoms with Gasteiger partial charge >= 0.3 is 0 Å². The molecular formula is C25H29N7O3. The standard InChI is InChI=1S/C25H29N7O3/c1-32(2)16-17-8-10-18(11-9-17)23-28-22(35-31-23)13-12-21(33)26-14-5-15-27-24-19-6-3-4-7-20(19)25(34)30-29-24/h3-4,6-11,20,27H,5,12-16H2,1-2H3,(H,26,33). The summed E-state index contributed by atoms with van der Waals surface area (Å²) in [6, 6.07) is 8.03. The molecule has 182 valence electrons. The topological polar surface area (TPSA) is 125 Å². The molecule has 1 aliphatic carbocycles. The molecule has 2 aromatic rings. The summed E-state index contributed by atoms with van der Waals surface area (Å²) in [6.45, 7) is 1.97. The Morgan fingerprint density at radius 1 is 1.11 bits per heavy atom. The van der Waals surface area contributed by atoms with Crippen molar-refractivity contribution >= 4 is 11.8 Å². The number of rotatable bonds is 11. The first kappa shape index (κ1) is 24.2. The van der Waals surface area contributed by atoms with Crippen LogP contribution in [0.15, 0.2) is 74.7 Å². The number of nitrogens with zero attached hydrogens (tertiary/aromatic N) is 5. The SMILES string of the molecule is CN(C)Cc1ccc(-c2noc(CCC(=O)NCCCNC3=C4C=CC=CC4C(=O)N=N3)n2)cc1. The number of carbonyl (C=O) groups excluding carboxylic acids is 2. The molecule has 0 radical (unpaired) electrons. The zero-order chi connectivity index (χ0) is 24.6. The zero-order valence-corrected chi connectivity index (χ0v) is 19.9. The normalized spacial score (nSPS) is 16.7. The van der Waals surface area contributed by atoms with Gasteiger partial charge in [-0.1, -0.05) is 53.7 Å². The lowest BCUT2D eigenvalue weighted by atomic mass is 9.93. The van der Waals surface area contributed by atoms with Gasteiger partial charge in [-0.15, -0.1) is 10.2 Å². The van der Waals surface area contributed by atoms with Crippen LogP contribution >= 0.6 is 0 Å². The van der Waals surface area contributed by atoms with E-state index in [0.29, 0.717) is 43.5 Å². The lowest BCUT2D eigenvalue weighted by Gasteiger charge is -2.20. The number of aryl methyl sites for hydroxylation is 1. The first-order valence-electron chi connectivity index (χ1n) is 11.6. The lowest BCUT2D eigenvalue weighted by Crippen LogP contribution is -2.28. The van der Waals surface area contributed by atoms with Gasteiger partial charge in [-0.2, -0.15) is 4.98 Å². The summed E-state index contributed by atoms with van der Waals surface area (Å²) in [5.74, 6) is 0.843. The van der Waals surface area contributed by atoms with E-state index in [1.54, 1.807) is 0 Å². The van der Waals surface area contributed by atoms with Crippen LogP contribution in [0.2, 0.25) is 0 Å². The fourth-order valence-corrected chi connectivity index (χ4v) is 3.77. The highest BCUT2D eigenvalue weighted by Crippen LogP contribution is 2.27. The first-order chi connectivity index (χ1) is 17.0. The quantitative estimate of drug-likeness (QED) is 0.479. The lowest BCUT2D eigenvalue weighted by molar-refractivity contribution is -0.121. The molecule has 1 aliphatic heterocycles. The van der Waals surface area contributed by atoms with Crippen LogP contribution in [-0.4, -0.2) is 54.0 Å². The fourth-order valence-electron chi connectivity index (χ4n) is 3.77. The summed E-state index contributed by atoms with van der Waals surface area (Å²) in [4.78, 5) is 30.5. The van der Waals surface area contributed by atoms with Crippen molar-refractivity contribution in [1.82, 2.24) is 25.7 Å². The Hall–Kier alpha value is -3.92. The number of nitrogens with one attached hydrogen (secondary N) is 2. The molecule has 0 saturated carbocycles. The predicted octanol–water partition coefficient (Wildman–Crippen LogP) is 2.77. The molecule has 1 atom stereocenters. The summed E-state index contributed by atoms with van der Waals surface area (Å²) < 4.78 is 5.31. The van der Waals surface area contributed by atoms with Crippen molar-refractivity contribution in [2.75, 3.05) is 27.2 Å². The number of azo groups is 1. The minimum Gasteiger partial charge on any atom is -0.368 e. The summed E-state index contributed by atoms with van der Waals surface area (Å²) in [5.41, 5.74) is 2.90. The van der Waals surface area contributed by atoms with Gasteiger partial charge < -0.3 is 20.1 Å². The van der Waals surface area contributed by atoms with Gasteiger partial charge in [0.2, 0.25) is 17.6 Å². The Labute approximate surface area is 203 Å². The van der Waals surface area contributed by atoms with Gasteiger partial charge in [-0.05, 0) is 26.1 Å². The summed E-state index contributed by atoms with van der Waals surface area (Å²) in [7, 11) is 4.06. The van der Waals surface area contributed by atoms with Crippen LogP contribution < -0.4 is 10.6 Å². The second kappa shape index (κ2) is 11.5. The van der Waals surface area contributed by atoms with Crippen LogP contribution in [-0.2, 0) is 22.6 Å². The number of aromatic nitrogens is 2. The molecule has 2 N–H and O–H groups in total. The maximum atomic E-state index is 12.2. The third-order valence-corrected chi connectivity index (χ3v) is 5.53. The minimum absolute atomic E-state index is 0.0804. The summed E-state index contributed by atoms with van der Waals surface area (Å²) in [6.07, 6.45) is 8.73. The van der Waals surface area contributed by atoms with E-state index in [1.165, 1.54) is 5.56 Å². The van der Waals surface area contributed by atoms with E-state index in [0.717, 1.165) is 17.7 Å². The van der Waals surface area contributed by atoms with Gasteiger partial charge in [0.25, 0.3) is 5.91 Å². The molecule has 10 heteroatoms. The summed E-state index contributed by atoms with van der Waals surface area (Å²) >= 11 is 0. The molecule has 0 spiro atoms. The second-order valence-corrected chi connectivity index (χ2v) is 8.64. The molecule has 1 unspecified atom stereocenters. The van der Waals surface area contributed by atoms with Crippen LogP contribution in [0, 0.1) is 5.92 Å². The van der Waals surface area contributed by atoms with E-state index in [4.69, 9.17) is 4.52 Å². The maximum Gasteiger partial charge on any atom is 0.276 e. The summed E-state index contributed by atoms with van der Waals surface area (Å²) in [5, 5.41) is 17.8. The Morgan fingerprint density at radius 3 is 2.74 bits per heavy atom. The van der Waals surface area contributed by atoms with Crippen molar-refractivity contribution in [3.05, 3.63) is 71.4 Å². The molecule has 2 amide bonds. The third kappa shape index (κ3) is 6.57. The number of hydrogen-bond donors (Lipinski definition) is 2. The fraction of sp³-hybridized carbons (Fsp3) is 0.360. The van der Waals surface area contributed by atoms with E-state index in [2.05, 4.69) is 35.9 Å². The van der Waals surface area contributed by atoms with Gasteiger partial charge in [0.15, 0.2) is 5.82 Å². The van der Waals surface area contributed by atoms with Crippen molar-refractivity contribution in [3.8, 4) is 11.4 Å². The van der Waals surface area contributed by atoms with Crippen molar-refractivity contribution in [2.45, 2.75) is 25.8 Å². The van der Waals surface area contributed by atoms with E-state index >= 15 is 0 Å². The van der Waals surface area contributed by atoms with Crippen molar-refractivity contribution in [2.24, 2.45) is 16.1 Å². The molecule has 0 bridgehead atoms. The van der Waals surface area contributed by atoms with Gasteiger partial charge in [-0.3, -0.25) is 9.59 Å². The first-order valence-corrected chi connectivity index (χ1v) is 11.6. The Balaban J connectivity index is 1.16. The van der Waals surface area contributed by atoms with Crippen LogP contribution in [0.25, 0.3) is 11.4 Å². The van der Waals surface area contributed by atoms with Crippen molar-refractivity contribution < 1.29 is 14.1 Å².